The van der Waals surface area contributed by atoms with Gasteiger partial charge in [0, 0.05) is 19.3 Å². The second-order valence-electron chi connectivity index (χ2n) is 17.1. The van der Waals surface area contributed by atoms with Crippen molar-refractivity contribution in [2.45, 2.75) is 258 Å². The van der Waals surface area contributed by atoms with Gasteiger partial charge in [0.05, 0.1) is 0 Å². The first-order valence-electron chi connectivity index (χ1n) is 25.8. The summed E-state index contributed by atoms with van der Waals surface area (Å²) < 4.78 is 16.8. The third-order valence-corrected chi connectivity index (χ3v) is 11.0. The molecule has 0 heterocycles. The maximum absolute atomic E-state index is 12.8. The third-order valence-electron chi connectivity index (χ3n) is 11.0. The Bertz CT molecular complexity index is 1120. The summed E-state index contributed by atoms with van der Waals surface area (Å²) in [6, 6.07) is 0. The maximum atomic E-state index is 12.8. The van der Waals surface area contributed by atoms with Crippen LogP contribution in [0.1, 0.15) is 252 Å². The van der Waals surface area contributed by atoms with Crippen LogP contribution in [0.15, 0.2) is 60.8 Å². The van der Waals surface area contributed by atoms with Gasteiger partial charge in [-0.2, -0.15) is 0 Å². The van der Waals surface area contributed by atoms with E-state index >= 15 is 0 Å². The van der Waals surface area contributed by atoms with Crippen molar-refractivity contribution in [3.05, 3.63) is 60.8 Å². The monoisotopic (exact) mass is 853 g/mol. The Morgan fingerprint density at radius 3 is 1.03 bits per heavy atom. The molecular formula is C55H96O6. The van der Waals surface area contributed by atoms with E-state index < -0.39 is 6.10 Å². The van der Waals surface area contributed by atoms with Crippen molar-refractivity contribution >= 4 is 17.9 Å². The van der Waals surface area contributed by atoms with Gasteiger partial charge in [-0.15, -0.1) is 0 Å². The summed E-state index contributed by atoms with van der Waals surface area (Å²) in [4.78, 5) is 37.9. The van der Waals surface area contributed by atoms with E-state index in [1.807, 2.05) is 0 Å². The van der Waals surface area contributed by atoms with Gasteiger partial charge in [-0.1, -0.05) is 210 Å². The molecular weight excluding hydrogens is 757 g/mol. The van der Waals surface area contributed by atoms with E-state index in [1.165, 1.54) is 116 Å². The molecule has 0 aromatic heterocycles. The van der Waals surface area contributed by atoms with Crippen molar-refractivity contribution in [3.63, 3.8) is 0 Å². The van der Waals surface area contributed by atoms with E-state index in [2.05, 4.69) is 81.5 Å². The normalized spacial score (nSPS) is 12.5. The van der Waals surface area contributed by atoms with Crippen LogP contribution in [0.4, 0.5) is 0 Å². The highest BCUT2D eigenvalue weighted by molar-refractivity contribution is 5.71. The number of esters is 3. The molecule has 0 aliphatic heterocycles. The van der Waals surface area contributed by atoms with Gasteiger partial charge in [-0.25, -0.2) is 0 Å². The van der Waals surface area contributed by atoms with Crippen LogP contribution in [-0.2, 0) is 28.6 Å². The summed E-state index contributed by atoms with van der Waals surface area (Å²) in [6.45, 7) is 6.47. The molecule has 0 amide bonds. The Balaban J connectivity index is 4.34. The lowest BCUT2D eigenvalue weighted by molar-refractivity contribution is -0.167. The lowest BCUT2D eigenvalue weighted by Crippen LogP contribution is -2.30. The fourth-order valence-electron chi connectivity index (χ4n) is 7.13. The number of carbonyl (C=O) groups is 3. The van der Waals surface area contributed by atoms with Crippen LogP contribution in [0, 0.1) is 0 Å². The summed E-state index contributed by atoms with van der Waals surface area (Å²) in [5.74, 6) is -0.896. The molecule has 1 atom stereocenters. The van der Waals surface area contributed by atoms with Crippen LogP contribution < -0.4 is 0 Å². The van der Waals surface area contributed by atoms with Gasteiger partial charge in [0.1, 0.15) is 13.2 Å². The largest absolute Gasteiger partial charge is 0.462 e. The van der Waals surface area contributed by atoms with E-state index in [0.717, 1.165) is 96.3 Å². The van der Waals surface area contributed by atoms with Crippen molar-refractivity contribution in [1.29, 1.82) is 0 Å². The molecule has 0 fully saturated rings. The number of carbonyl (C=O) groups excluding carboxylic acids is 3. The van der Waals surface area contributed by atoms with Crippen molar-refractivity contribution in [3.8, 4) is 0 Å². The molecule has 0 saturated carbocycles. The van der Waals surface area contributed by atoms with Crippen LogP contribution in [-0.4, -0.2) is 37.2 Å². The molecule has 0 radical (unpaired) electrons. The minimum Gasteiger partial charge on any atom is -0.462 e. The summed E-state index contributed by atoms with van der Waals surface area (Å²) in [5, 5.41) is 0. The number of allylic oxidation sites excluding steroid dienone is 10. The van der Waals surface area contributed by atoms with Gasteiger partial charge in [0.25, 0.3) is 0 Å². The zero-order chi connectivity index (χ0) is 44.4. The average molecular weight is 853 g/mol. The van der Waals surface area contributed by atoms with E-state index in [9.17, 15) is 14.4 Å². The van der Waals surface area contributed by atoms with E-state index in [0.29, 0.717) is 19.3 Å². The van der Waals surface area contributed by atoms with Crippen molar-refractivity contribution in [2.75, 3.05) is 13.2 Å². The third kappa shape index (κ3) is 48.0. The molecule has 6 heteroatoms. The van der Waals surface area contributed by atoms with Crippen LogP contribution in [0.5, 0.6) is 0 Å². The molecule has 1 unspecified atom stereocenters. The number of hydrogen-bond acceptors (Lipinski definition) is 6. The molecule has 61 heavy (non-hydrogen) atoms. The summed E-state index contributed by atoms with van der Waals surface area (Å²) in [6.07, 6.45) is 60.6. The lowest BCUT2D eigenvalue weighted by Gasteiger charge is -2.18. The summed E-state index contributed by atoms with van der Waals surface area (Å²) in [5.41, 5.74) is 0. The van der Waals surface area contributed by atoms with Crippen molar-refractivity contribution in [1.82, 2.24) is 0 Å². The number of ether oxygens (including phenoxy) is 3. The molecule has 0 bridgehead atoms. The highest BCUT2D eigenvalue weighted by Gasteiger charge is 2.19. The Hall–Kier alpha value is -2.89. The summed E-state index contributed by atoms with van der Waals surface area (Å²) in [7, 11) is 0. The van der Waals surface area contributed by atoms with Gasteiger partial charge in [-0.05, 0) is 83.5 Å². The molecule has 0 aromatic rings. The Labute approximate surface area is 377 Å². The van der Waals surface area contributed by atoms with Crippen LogP contribution in [0.25, 0.3) is 0 Å². The van der Waals surface area contributed by atoms with E-state index in [4.69, 9.17) is 14.2 Å². The van der Waals surface area contributed by atoms with Crippen molar-refractivity contribution < 1.29 is 28.6 Å². The topological polar surface area (TPSA) is 78.9 Å². The highest BCUT2D eigenvalue weighted by Crippen LogP contribution is 2.15. The fourth-order valence-corrected chi connectivity index (χ4v) is 7.13. The van der Waals surface area contributed by atoms with Gasteiger partial charge in [0.15, 0.2) is 6.10 Å². The molecule has 0 rings (SSSR count). The number of rotatable bonds is 46. The standard InChI is InChI=1S/C55H96O6/c1-4-7-10-13-16-19-21-23-25-27-29-31-33-36-39-42-45-48-54(57)60-51-52(50-59-53(56)47-44-41-38-35-18-15-12-9-6-3)61-55(58)49-46-43-40-37-34-32-30-28-26-24-22-20-17-14-11-8-5-2/h7,10,16-17,19-20,23-26,52H,4-6,8-9,11-15,18,21-22,27-51H2,1-3H3/b10-7-,19-16-,20-17-,25-23-,26-24-. The molecule has 0 saturated heterocycles. The van der Waals surface area contributed by atoms with E-state index in [-0.39, 0.29) is 31.1 Å². The minimum absolute atomic E-state index is 0.0794. The highest BCUT2D eigenvalue weighted by atomic mass is 16.6. The predicted octanol–water partition coefficient (Wildman–Crippen LogP) is 16.9. The van der Waals surface area contributed by atoms with Gasteiger partial charge < -0.3 is 14.2 Å². The van der Waals surface area contributed by atoms with E-state index in [1.54, 1.807) is 0 Å². The Morgan fingerprint density at radius 1 is 0.344 bits per heavy atom. The number of unbranched alkanes of at least 4 members (excludes halogenated alkanes) is 25. The predicted molar refractivity (Wildman–Crippen MR) is 261 cm³/mol. The SMILES string of the molecule is CC/C=C\C/C=C\C/C=C\CCCCCCCCCC(=O)OCC(COC(=O)CCCCCCCCCCC)OC(=O)CCCCCCCCC/C=C\C/C=C\CCCCC. The molecule has 0 spiro atoms. The smallest absolute Gasteiger partial charge is 0.306 e. The molecule has 352 valence electrons. The van der Waals surface area contributed by atoms with Crippen LogP contribution in [0.3, 0.4) is 0 Å². The second-order valence-corrected chi connectivity index (χ2v) is 17.1. The molecule has 0 aliphatic carbocycles. The first kappa shape index (κ1) is 58.1. The molecule has 6 nitrogen and oxygen atoms in total. The van der Waals surface area contributed by atoms with Gasteiger partial charge in [0.2, 0.25) is 0 Å². The minimum atomic E-state index is -0.779. The molecule has 0 N–H and O–H groups in total. The zero-order valence-electron chi connectivity index (χ0n) is 40.2. The lowest BCUT2D eigenvalue weighted by atomic mass is 10.1. The van der Waals surface area contributed by atoms with Crippen molar-refractivity contribution in [2.24, 2.45) is 0 Å². The molecule has 0 aliphatic rings. The zero-order valence-corrected chi connectivity index (χ0v) is 40.2. The van der Waals surface area contributed by atoms with Crippen LogP contribution >= 0.6 is 0 Å². The first-order chi connectivity index (χ1) is 30.0. The summed E-state index contributed by atoms with van der Waals surface area (Å²) >= 11 is 0. The average Bonchev–Trinajstić information content (AvgIpc) is 3.26. The van der Waals surface area contributed by atoms with Crippen LogP contribution in [0.2, 0.25) is 0 Å². The number of hydrogen-bond donors (Lipinski definition) is 0. The Morgan fingerprint density at radius 2 is 0.639 bits per heavy atom. The Kier molecular flexibility index (Phi) is 47.4. The molecule has 0 aromatic carbocycles. The quantitative estimate of drug-likeness (QED) is 0.0263. The maximum Gasteiger partial charge on any atom is 0.306 e. The fraction of sp³-hybridized carbons (Fsp3) is 0.764. The second kappa shape index (κ2) is 49.8. The van der Waals surface area contributed by atoms with Gasteiger partial charge in [-0.3, -0.25) is 14.4 Å². The van der Waals surface area contributed by atoms with Gasteiger partial charge >= 0.3 is 17.9 Å². The first-order valence-corrected chi connectivity index (χ1v) is 25.8.